The van der Waals surface area contributed by atoms with Crippen molar-refractivity contribution in [3.8, 4) is 11.1 Å². The molecule has 0 fully saturated rings. The van der Waals surface area contributed by atoms with Gasteiger partial charge in [-0.1, -0.05) is 66.7 Å². The lowest BCUT2D eigenvalue weighted by atomic mass is 9.94. The second kappa shape index (κ2) is 5.34. The molecule has 0 heteroatoms. The van der Waals surface area contributed by atoms with E-state index in [1.54, 1.807) is 0 Å². The number of allylic oxidation sites excluding steroid dienone is 1. The van der Waals surface area contributed by atoms with Gasteiger partial charge in [-0.05, 0) is 52.9 Å². The van der Waals surface area contributed by atoms with Crippen LogP contribution in [-0.2, 0) is 0 Å². The summed E-state index contributed by atoms with van der Waals surface area (Å²) >= 11 is 0. The van der Waals surface area contributed by atoms with Crippen molar-refractivity contribution in [2.45, 2.75) is 13.8 Å². The maximum atomic E-state index is 2.25. The lowest BCUT2D eigenvalue weighted by molar-refractivity contribution is 1.52. The summed E-state index contributed by atoms with van der Waals surface area (Å²) in [4.78, 5) is 0. The average molecular weight is 258 g/mol. The van der Waals surface area contributed by atoms with Gasteiger partial charge in [-0.3, -0.25) is 0 Å². The Labute approximate surface area is 120 Å². The Morgan fingerprint density at radius 2 is 1.60 bits per heavy atom. The predicted octanol–water partition coefficient (Wildman–Crippen LogP) is 5.85. The van der Waals surface area contributed by atoms with Crippen LogP contribution in [0.1, 0.15) is 18.1 Å². The summed E-state index contributed by atoms with van der Waals surface area (Å²) in [5.74, 6) is 0. The SMILES string of the molecule is C/C=C/c1cccc(-c2ccc(C)c3ccccc23)c1. The number of hydrogen-bond acceptors (Lipinski definition) is 0. The van der Waals surface area contributed by atoms with Gasteiger partial charge in [-0.15, -0.1) is 0 Å². The molecule has 3 aromatic carbocycles. The normalized spacial score (nSPS) is 11.3. The molecule has 0 aromatic heterocycles. The summed E-state index contributed by atoms with van der Waals surface area (Å²) in [5.41, 5.74) is 5.15. The molecule has 0 nitrogen and oxygen atoms in total. The molecule has 0 aliphatic heterocycles. The quantitative estimate of drug-likeness (QED) is 0.541. The Morgan fingerprint density at radius 3 is 2.40 bits per heavy atom. The third-order valence-electron chi connectivity index (χ3n) is 3.70. The lowest BCUT2D eigenvalue weighted by Crippen LogP contribution is -1.85. The lowest BCUT2D eigenvalue weighted by Gasteiger charge is -2.10. The van der Waals surface area contributed by atoms with E-state index in [-0.39, 0.29) is 0 Å². The highest BCUT2D eigenvalue weighted by atomic mass is 14.1. The standard InChI is InChI=1S/C20H18/c1-3-7-16-8-6-9-17(14-16)19-13-12-15(2)18-10-4-5-11-20(18)19/h3-14H,1-2H3/b7-3+. The molecule has 0 bridgehead atoms. The van der Waals surface area contributed by atoms with Crippen molar-refractivity contribution >= 4 is 16.8 Å². The van der Waals surface area contributed by atoms with Crippen LogP contribution >= 0.6 is 0 Å². The Morgan fingerprint density at radius 1 is 0.800 bits per heavy atom. The van der Waals surface area contributed by atoms with E-state index in [1.165, 1.54) is 33.0 Å². The number of aryl methyl sites for hydroxylation is 1. The molecular formula is C20H18. The molecule has 0 amide bonds. The molecule has 3 aromatic rings. The van der Waals surface area contributed by atoms with Crippen LogP contribution in [0.4, 0.5) is 0 Å². The maximum Gasteiger partial charge on any atom is -0.0103 e. The van der Waals surface area contributed by atoms with Gasteiger partial charge in [0.2, 0.25) is 0 Å². The van der Waals surface area contributed by atoms with Crippen LogP contribution < -0.4 is 0 Å². The smallest absolute Gasteiger partial charge is 0.0103 e. The van der Waals surface area contributed by atoms with Gasteiger partial charge < -0.3 is 0 Å². The first-order chi connectivity index (χ1) is 9.79. The topological polar surface area (TPSA) is 0 Å². The summed E-state index contributed by atoms with van der Waals surface area (Å²) < 4.78 is 0. The van der Waals surface area contributed by atoms with E-state index in [1.807, 2.05) is 6.92 Å². The zero-order valence-corrected chi connectivity index (χ0v) is 11.9. The minimum Gasteiger partial charge on any atom is -0.0871 e. The fraction of sp³-hybridized carbons (Fsp3) is 0.100. The summed E-state index contributed by atoms with van der Waals surface area (Å²) in [6.07, 6.45) is 4.21. The molecule has 0 aliphatic rings. The van der Waals surface area contributed by atoms with Crippen molar-refractivity contribution in [1.29, 1.82) is 0 Å². The Kier molecular flexibility index (Phi) is 3.39. The van der Waals surface area contributed by atoms with Crippen LogP contribution in [0.15, 0.2) is 66.7 Å². The molecule has 0 heterocycles. The fourth-order valence-electron chi connectivity index (χ4n) is 2.70. The van der Waals surface area contributed by atoms with Crippen molar-refractivity contribution in [3.63, 3.8) is 0 Å². The van der Waals surface area contributed by atoms with E-state index in [9.17, 15) is 0 Å². The second-order valence-electron chi connectivity index (χ2n) is 5.10. The molecule has 20 heavy (non-hydrogen) atoms. The molecule has 3 rings (SSSR count). The number of fused-ring (bicyclic) bond motifs is 1. The highest BCUT2D eigenvalue weighted by Crippen LogP contribution is 2.31. The number of rotatable bonds is 2. The molecule has 0 spiro atoms. The first-order valence-corrected chi connectivity index (χ1v) is 7.01. The molecular weight excluding hydrogens is 240 g/mol. The molecule has 0 radical (unpaired) electrons. The van der Waals surface area contributed by atoms with Gasteiger partial charge in [0.15, 0.2) is 0 Å². The Balaban J connectivity index is 2.25. The monoisotopic (exact) mass is 258 g/mol. The summed E-state index contributed by atoms with van der Waals surface area (Å²) in [6, 6.07) is 21.8. The van der Waals surface area contributed by atoms with Crippen molar-refractivity contribution in [2.75, 3.05) is 0 Å². The predicted molar refractivity (Wildman–Crippen MR) is 88.8 cm³/mol. The van der Waals surface area contributed by atoms with Gasteiger partial charge in [-0.25, -0.2) is 0 Å². The van der Waals surface area contributed by atoms with Crippen LogP contribution in [-0.4, -0.2) is 0 Å². The summed E-state index contributed by atoms with van der Waals surface area (Å²) in [7, 11) is 0. The number of hydrogen-bond donors (Lipinski definition) is 0. The van der Waals surface area contributed by atoms with E-state index in [2.05, 4.69) is 79.7 Å². The van der Waals surface area contributed by atoms with Crippen molar-refractivity contribution in [2.24, 2.45) is 0 Å². The van der Waals surface area contributed by atoms with Crippen LogP contribution in [0.25, 0.3) is 28.0 Å². The van der Waals surface area contributed by atoms with Gasteiger partial charge in [0.05, 0.1) is 0 Å². The minimum atomic E-state index is 1.25. The Hall–Kier alpha value is -2.34. The molecule has 0 saturated carbocycles. The van der Waals surface area contributed by atoms with E-state index in [0.717, 1.165) is 0 Å². The van der Waals surface area contributed by atoms with Gasteiger partial charge in [0, 0.05) is 0 Å². The third kappa shape index (κ3) is 2.25. The second-order valence-corrected chi connectivity index (χ2v) is 5.10. The van der Waals surface area contributed by atoms with Crippen LogP contribution in [0.3, 0.4) is 0 Å². The highest BCUT2D eigenvalue weighted by molar-refractivity contribution is 5.98. The van der Waals surface area contributed by atoms with Crippen LogP contribution in [0.5, 0.6) is 0 Å². The average Bonchev–Trinajstić information content (AvgIpc) is 2.49. The van der Waals surface area contributed by atoms with Crippen molar-refractivity contribution in [3.05, 3.63) is 77.9 Å². The Bertz CT molecular complexity index is 779. The van der Waals surface area contributed by atoms with E-state index < -0.39 is 0 Å². The molecule has 0 saturated heterocycles. The van der Waals surface area contributed by atoms with Crippen molar-refractivity contribution in [1.82, 2.24) is 0 Å². The molecule has 0 N–H and O–H groups in total. The maximum absolute atomic E-state index is 2.25. The molecule has 0 unspecified atom stereocenters. The zero-order chi connectivity index (χ0) is 13.9. The molecule has 0 aliphatic carbocycles. The van der Waals surface area contributed by atoms with Gasteiger partial charge in [-0.2, -0.15) is 0 Å². The highest BCUT2D eigenvalue weighted by Gasteiger charge is 2.05. The van der Waals surface area contributed by atoms with Crippen molar-refractivity contribution < 1.29 is 0 Å². The van der Waals surface area contributed by atoms with E-state index >= 15 is 0 Å². The molecule has 98 valence electrons. The van der Waals surface area contributed by atoms with Gasteiger partial charge in [0.1, 0.15) is 0 Å². The van der Waals surface area contributed by atoms with E-state index in [4.69, 9.17) is 0 Å². The largest absolute Gasteiger partial charge is 0.0871 e. The molecule has 0 atom stereocenters. The zero-order valence-electron chi connectivity index (χ0n) is 11.9. The van der Waals surface area contributed by atoms with Gasteiger partial charge in [0.25, 0.3) is 0 Å². The van der Waals surface area contributed by atoms with Crippen LogP contribution in [0, 0.1) is 6.92 Å². The van der Waals surface area contributed by atoms with Gasteiger partial charge >= 0.3 is 0 Å². The minimum absolute atomic E-state index is 1.25. The first-order valence-electron chi connectivity index (χ1n) is 7.01. The fourth-order valence-corrected chi connectivity index (χ4v) is 2.70. The van der Waals surface area contributed by atoms with E-state index in [0.29, 0.717) is 0 Å². The third-order valence-corrected chi connectivity index (χ3v) is 3.70. The first kappa shape index (κ1) is 12.7. The summed E-state index contributed by atoms with van der Waals surface area (Å²) in [6.45, 7) is 4.22. The summed E-state index contributed by atoms with van der Waals surface area (Å²) in [5, 5.41) is 2.66. The number of benzene rings is 3. The van der Waals surface area contributed by atoms with Crippen LogP contribution in [0.2, 0.25) is 0 Å².